The van der Waals surface area contributed by atoms with Gasteiger partial charge in [-0.25, -0.2) is 0 Å². The number of halogens is 2. The van der Waals surface area contributed by atoms with Crippen LogP contribution >= 0.6 is 0 Å². The highest BCUT2D eigenvalue weighted by molar-refractivity contribution is 5.92. The summed E-state index contributed by atoms with van der Waals surface area (Å²) in [5, 5.41) is 9.94. The summed E-state index contributed by atoms with van der Waals surface area (Å²) in [6.45, 7) is -2.15. The van der Waals surface area contributed by atoms with Crippen LogP contribution in [0.5, 0.6) is 11.5 Å². The zero-order chi connectivity index (χ0) is 15.9. The normalized spacial score (nSPS) is 28.2. The fourth-order valence-electron chi connectivity index (χ4n) is 3.55. The Kier molecular flexibility index (Phi) is 3.64. The Labute approximate surface area is 127 Å². The molecule has 1 aromatic rings. The fourth-order valence-corrected chi connectivity index (χ4v) is 3.55. The number of likely N-dealkylation sites (tertiary alicyclic amines) is 1. The van der Waals surface area contributed by atoms with Crippen LogP contribution in [0.4, 0.5) is 8.78 Å². The Morgan fingerprint density at radius 1 is 1.45 bits per heavy atom. The number of allylic oxidation sites excluding steroid dienone is 1. The summed E-state index contributed by atoms with van der Waals surface area (Å²) in [7, 11) is 1.97. The first-order chi connectivity index (χ1) is 10.4. The van der Waals surface area contributed by atoms with Gasteiger partial charge in [-0.2, -0.15) is 8.78 Å². The molecule has 0 bridgehead atoms. The van der Waals surface area contributed by atoms with Crippen LogP contribution in [0, 0.1) is 0 Å². The van der Waals surface area contributed by atoms with Gasteiger partial charge in [0.05, 0.1) is 0 Å². The van der Waals surface area contributed by atoms with E-state index >= 15 is 0 Å². The van der Waals surface area contributed by atoms with Gasteiger partial charge in [-0.1, -0.05) is 12.1 Å². The summed E-state index contributed by atoms with van der Waals surface area (Å²) in [5.41, 5.74) is 0.438. The van der Waals surface area contributed by atoms with E-state index in [1.165, 1.54) is 12.1 Å². The van der Waals surface area contributed by atoms with Crippen LogP contribution in [-0.4, -0.2) is 42.0 Å². The van der Waals surface area contributed by atoms with Gasteiger partial charge in [0.15, 0.2) is 17.3 Å². The van der Waals surface area contributed by atoms with Gasteiger partial charge < -0.3 is 14.7 Å². The summed E-state index contributed by atoms with van der Waals surface area (Å²) >= 11 is 0. The van der Waals surface area contributed by atoms with Gasteiger partial charge in [-0.15, -0.1) is 0 Å². The smallest absolute Gasteiger partial charge is 0.387 e. The summed E-state index contributed by atoms with van der Waals surface area (Å²) in [4.78, 5) is 13.8. The molecule has 2 atom stereocenters. The number of hydrogen-bond acceptors (Lipinski definition) is 4. The molecule has 22 heavy (non-hydrogen) atoms. The first kappa shape index (κ1) is 15.0. The molecular weight excluding hydrogens is 292 g/mol. The Bertz CT molecular complexity index is 632. The van der Waals surface area contributed by atoms with E-state index in [9.17, 15) is 18.7 Å². The molecule has 0 aromatic heterocycles. The van der Waals surface area contributed by atoms with Crippen molar-refractivity contribution in [2.24, 2.45) is 0 Å². The summed E-state index contributed by atoms with van der Waals surface area (Å²) in [6, 6.07) is 4.52. The number of fused-ring (bicyclic) bond motifs is 1. The number of nitrogens with zero attached hydrogens (tertiary/aromatic N) is 1. The maximum atomic E-state index is 12.3. The average molecular weight is 309 g/mol. The van der Waals surface area contributed by atoms with Gasteiger partial charge in [-0.05, 0) is 43.8 Å². The van der Waals surface area contributed by atoms with Crippen molar-refractivity contribution in [3.05, 3.63) is 35.9 Å². The molecule has 1 saturated heterocycles. The van der Waals surface area contributed by atoms with Crippen LogP contribution in [0.15, 0.2) is 30.4 Å². The van der Waals surface area contributed by atoms with Crippen LogP contribution in [0.25, 0.3) is 0 Å². The number of hydrogen-bond donors (Lipinski definition) is 1. The maximum absolute atomic E-state index is 12.3. The third-order valence-corrected chi connectivity index (χ3v) is 4.68. The van der Waals surface area contributed by atoms with E-state index in [0.717, 1.165) is 18.5 Å². The second-order valence-electron chi connectivity index (χ2n) is 5.85. The van der Waals surface area contributed by atoms with Crippen LogP contribution in [0.2, 0.25) is 0 Å². The average Bonchev–Trinajstić information content (AvgIpc) is 2.79. The quantitative estimate of drug-likeness (QED) is 0.932. The summed E-state index contributed by atoms with van der Waals surface area (Å²) in [6.07, 6.45) is 4.70. The Hall–Kier alpha value is -1.95. The highest BCUT2D eigenvalue weighted by Gasteiger charge is 2.48. The molecule has 1 fully saturated rings. The minimum atomic E-state index is -2.98. The van der Waals surface area contributed by atoms with E-state index < -0.39 is 6.61 Å². The van der Waals surface area contributed by atoms with E-state index in [0.29, 0.717) is 6.42 Å². The molecule has 0 radical (unpaired) electrons. The third-order valence-electron chi connectivity index (χ3n) is 4.68. The van der Waals surface area contributed by atoms with Crippen LogP contribution < -0.4 is 4.74 Å². The molecule has 3 rings (SSSR count). The van der Waals surface area contributed by atoms with Crippen LogP contribution in [0.3, 0.4) is 0 Å². The van der Waals surface area contributed by atoms with Crippen molar-refractivity contribution < 1.29 is 23.4 Å². The second-order valence-corrected chi connectivity index (χ2v) is 5.85. The van der Waals surface area contributed by atoms with Gasteiger partial charge in [0.2, 0.25) is 0 Å². The molecule has 0 amide bonds. The standard InChI is InChI=1S/C16H17F2NO3/c1-19-7-6-16(5-4-11(20)9-14(16)19)10-2-3-13(12(21)8-10)22-15(17)18/h2-5,8,14-15,21H,6-7,9H2,1H3/t14?,16-/m0/s1. The molecule has 0 spiro atoms. The number of ketones is 1. The molecule has 1 N–H and O–H groups in total. The monoisotopic (exact) mass is 309 g/mol. The van der Waals surface area contributed by atoms with Gasteiger partial charge in [0, 0.05) is 17.9 Å². The molecule has 1 aliphatic carbocycles. The summed E-state index contributed by atoms with van der Waals surface area (Å²) in [5.74, 6) is -0.476. The number of rotatable bonds is 3. The van der Waals surface area contributed by atoms with E-state index in [1.54, 1.807) is 12.1 Å². The number of benzene rings is 1. The highest BCUT2D eigenvalue weighted by atomic mass is 19.3. The van der Waals surface area contributed by atoms with Crippen LogP contribution in [-0.2, 0) is 10.2 Å². The number of alkyl halides is 2. The largest absolute Gasteiger partial charge is 0.504 e. The van der Waals surface area contributed by atoms with E-state index in [2.05, 4.69) is 9.64 Å². The molecule has 1 aromatic carbocycles. The molecular formula is C16H17F2NO3. The molecule has 118 valence electrons. The van der Waals surface area contributed by atoms with Crippen molar-refractivity contribution in [3.8, 4) is 11.5 Å². The Morgan fingerprint density at radius 3 is 2.91 bits per heavy atom. The number of phenolic OH excluding ortho intramolecular Hbond substituents is 1. The SMILES string of the molecule is CN1CC[C@]2(c3ccc(OC(F)F)c(O)c3)C=CC(=O)CC12. The molecule has 0 saturated carbocycles. The van der Waals surface area contributed by atoms with Crippen LogP contribution in [0.1, 0.15) is 18.4 Å². The minimum Gasteiger partial charge on any atom is -0.504 e. The lowest BCUT2D eigenvalue weighted by Gasteiger charge is -2.37. The molecule has 4 nitrogen and oxygen atoms in total. The fraction of sp³-hybridized carbons (Fsp3) is 0.438. The zero-order valence-corrected chi connectivity index (χ0v) is 12.1. The van der Waals surface area contributed by atoms with Gasteiger partial charge in [0.25, 0.3) is 0 Å². The second kappa shape index (κ2) is 5.35. The number of likely N-dealkylation sites (N-methyl/N-ethyl adjacent to an activating group) is 1. The van der Waals surface area contributed by atoms with Gasteiger partial charge in [-0.3, -0.25) is 4.79 Å². The minimum absolute atomic E-state index is 0.0197. The maximum Gasteiger partial charge on any atom is 0.387 e. The lowest BCUT2D eigenvalue weighted by molar-refractivity contribution is -0.116. The summed E-state index contributed by atoms with van der Waals surface area (Å²) < 4.78 is 28.8. The molecule has 6 heteroatoms. The topological polar surface area (TPSA) is 49.8 Å². The predicted molar refractivity (Wildman–Crippen MR) is 76.2 cm³/mol. The van der Waals surface area contributed by atoms with Crippen molar-refractivity contribution >= 4 is 5.78 Å². The number of aromatic hydroxyl groups is 1. The molecule has 1 aliphatic heterocycles. The van der Waals surface area contributed by atoms with E-state index in [4.69, 9.17) is 0 Å². The lowest BCUT2D eigenvalue weighted by atomic mass is 9.69. The first-order valence-electron chi connectivity index (χ1n) is 7.13. The van der Waals surface area contributed by atoms with Gasteiger partial charge in [0.1, 0.15) is 0 Å². The molecule has 1 unspecified atom stereocenters. The highest BCUT2D eigenvalue weighted by Crippen LogP contribution is 2.46. The van der Waals surface area contributed by atoms with E-state index in [1.807, 2.05) is 13.1 Å². The van der Waals surface area contributed by atoms with Gasteiger partial charge >= 0.3 is 6.61 Å². The van der Waals surface area contributed by atoms with Crippen molar-refractivity contribution in [1.82, 2.24) is 4.90 Å². The van der Waals surface area contributed by atoms with Crippen molar-refractivity contribution in [1.29, 1.82) is 0 Å². The number of phenols is 1. The molecule has 1 heterocycles. The van der Waals surface area contributed by atoms with Crippen molar-refractivity contribution in [2.75, 3.05) is 13.6 Å². The van der Waals surface area contributed by atoms with Crippen molar-refractivity contribution in [3.63, 3.8) is 0 Å². The zero-order valence-electron chi connectivity index (χ0n) is 12.1. The van der Waals surface area contributed by atoms with E-state index in [-0.39, 0.29) is 28.7 Å². The molecule has 2 aliphatic rings. The number of ether oxygens (including phenoxy) is 1. The third kappa shape index (κ3) is 2.37. The Balaban J connectivity index is 2.00. The van der Waals surface area contributed by atoms with Crippen molar-refractivity contribution in [2.45, 2.75) is 30.9 Å². The first-order valence-corrected chi connectivity index (χ1v) is 7.13. The number of carbonyl (C=O) groups is 1. The Morgan fingerprint density at radius 2 is 2.23 bits per heavy atom. The predicted octanol–water partition coefficient (Wildman–Crippen LogP) is 2.46. The lowest BCUT2D eigenvalue weighted by Crippen LogP contribution is -2.43. The number of carbonyl (C=O) groups excluding carboxylic acids is 1.